The van der Waals surface area contributed by atoms with E-state index in [0.717, 1.165) is 0 Å². The van der Waals surface area contributed by atoms with E-state index in [1.165, 1.54) is 13.3 Å². The highest BCUT2D eigenvalue weighted by Crippen LogP contribution is 2.27. The van der Waals surface area contributed by atoms with Gasteiger partial charge in [-0.1, -0.05) is 12.1 Å². The molecule has 2 rings (SSSR count). The first-order chi connectivity index (χ1) is 13.6. The van der Waals surface area contributed by atoms with Crippen LogP contribution in [0.2, 0.25) is 0 Å². The maximum Gasteiger partial charge on any atom is 0.249 e. The van der Waals surface area contributed by atoms with Gasteiger partial charge in [0.1, 0.15) is 12.2 Å². The highest BCUT2D eigenvalue weighted by molar-refractivity contribution is 6.04. The number of hydrogen-bond acceptors (Lipinski definition) is 6. The minimum absolute atomic E-state index is 0.373. The summed E-state index contributed by atoms with van der Waals surface area (Å²) >= 11 is 0. The third-order valence-corrected chi connectivity index (χ3v) is 3.59. The van der Waals surface area contributed by atoms with Crippen LogP contribution >= 0.6 is 0 Å². The fourth-order valence-corrected chi connectivity index (χ4v) is 2.35. The second-order valence-electron chi connectivity index (χ2n) is 5.56. The Morgan fingerprint density at radius 3 is 2.46 bits per heavy atom. The molecule has 148 valence electrons. The number of amides is 2. The zero-order chi connectivity index (χ0) is 20.4. The van der Waals surface area contributed by atoms with Crippen molar-refractivity contribution in [2.75, 3.05) is 26.1 Å². The van der Waals surface area contributed by atoms with Crippen molar-refractivity contribution in [3.8, 4) is 17.2 Å². The number of ether oxygens (including phenoxy) is 3. The molecule has 0 atom stereocenters. The van der Waals surface area contributed by atoms with E-state index in [1.807, 2.05) is 6.92 Å². The summed E-state index contributed by atoms with van der Waals surface area (Å²) in [5.74, 6) is 0.689. The number of para-hydroxylation sites is 2. The number of carbonyl (C=O) groups excluding carboxylic acids is 2. The lowest BCUT2D eigenvalue weighted by molar-refractivity contribution is -0.126. The van der Waals surface area contributed by atoms with Gasteiger partial charge < -0.3 is 19.5 Å². The molecule has 2 amide bonds. The summed E-state index contributed by atoms with van der Waals surface area (Å²) in [7, 11) is 3.06. The number of methoxy groups -OCH3 is 2. The summed E-state index contributed by atoms with van der Waals surface area (Å²) in [5, 5.41) is 6.49. The van der Waals surface area contributed by atoms with Gasteiger partial charge >= 0.3 is 0 Å². The Balaban J connectivity index is 1.89. The number of nitrogens with zero attached hydrogens (tertiary/aromatic N) is 1. The molecule has 0 unspecified atom stereocenters. The summed E-state index contributed by atoms with van der Waals surface area (Å²) in [4.78, 5) is 23.9. The largest absolute Gasteiger partial charge is 0.495 e. The van der Waals surface area contributed by atoms with E-state index in [1.54, 1.807) is 49.6 Å². The molecule has 8 nitrogen and oxygen atoms in total. The molecule has 0 aliphatic heterocycles. The maximum absolute atomic E-state index is 12.0. The molecular formula is C20H23N3O5. The molecule has 28 heavy (non-hydrogen) atoms. The van der Waals surface area contributed by atoms with Crippen LogP contribution in [0, 0.1) is 0 Å². The van der Waals surface area contributed by atoms with Gasteiger partial charge in [0.15, 0.2) is 11.5 Å². The fraction of sp³-hybridized carbons (Fsp3) is 0.250. The molecule has 0 fully saturated rings. The minimum Gasteiger partial charge on any atom is -0.495 e. The van der Waals surface area contributed by atoms with E-state index in [9.17, 15) is 9.59 Å². The second-order valence-corrected chi connectivity index (χ2v) is 5.56. The summed E-state index contributed by atoms with van der Waals surface area (Å²) < 4.78 is 15.8. The summed E-state index contributed by atoms with van der Waals surface area (Å²) in [5.41, 5.74) is 3.53. The van der Waals surface area contributed by atoms with Crippen LogP contribution in [-0.4, -0.2) is 38.9 Å². The molecule has 0 saturated heterocycles. The normalized spacial score (nSPS) is 10.4. The quantitative estimate of drug-likeness (QED) is 0.393. The highest BCUT2D eigenvalue weighted by atomic mass is 16.5. The van der Waals surface area contributed by atoms with Gasteiger partial charge in [-0.15, -0.1) is 0 Å². The first-order valence-electron chi connectivity index (χ1n) is 8.63. The smallest absolute Gasteiger partial charge is 0.249 e. The third-order valence-electron chi connectivity index (χ3n) is 3.59. The van der Waals surface area contributed by atoms with Crippen molar-refractivity contribution in [3.05, 3.63) is 48.0 Å². The molecule has 0 aliphatic carbocycles. The van der Waals surface area contributed by atoms with Gasteiger partial charge in [0.2, 0.25) is 11.8 Å². The Morgan fingerprint density at radius 2 is 1.75 bits per heavy atom. The lowest BCUT2D eigenvalue weighted by Gasteiger charge is -2.09. The molecular weight excluding hydrogens is 362 g/mol. The molecule has 0 radical (unpaired) electrons. The van der Waals surface area contributed by atoms with E-state index in [-0.39, 0.29) is 6.42 Å². The Labute approximate surface area is 163 Å². The van der Waals surface area contributed by atoms with E-state index < -0.39 is 11.8 Å². The summed E-state index contributed by atoms with van der Waals surface area (Å²) in [6.45, 7) is 2.37. The zero-order valence-corrected chi connectivity index (χ0v) is 16.0. The predicted octanol–water partition coefficient (Wildman–Crippen LogP) is 2.58. The van der Waals surface area contributed by atoms with Crippen LogP contribution in [0.1, 0.15) is 18.9 Å². The Hall–Kier alpha value is -3.55. The van der Waals surface area contributed by atoms with E-state index >= 15 is 0 Å². The number of nitrogens with one attached hydrogen (secondary N) is 2. The number of benzene rings is 2. The van der Waals surface area contributed by atoms with Gasteiger partial charge in [-0.05, 0) is 42.8 Å². The number of anilines is 1. The molecule has 8 heteroatoms. The van der Waals surface area contributed by atoms with Crippen LogP contribution < -0.4 is 25.0 Å². The van der Waals surface area contributed by atoms with Crippen molar-refractivity contribution in [1.29, 1.82) is 0 Å². The van der Waals surface area contributed by atoms with Gasteiger partial charge in [0.25, 0.3) is 0 Å². The van der Waals surface area contributed by atoms with Gasteiger partial charge in [-0.3, -0.25) is 9.59 Å². The van der Waals surface area contributed by atoms with E-state index in [2.05, 4.69) is 15.8 Å². The van der Waals surface area contributed by atoms with Crippen molar-refractivity contribution < 1.29 is 23.8 Å². The van der Waals surface area contributed by atoms with E-state index in [4.69, 9.17) is 14.2 Å². The topological polar surface area (TPSA) is 98.2 Å². The average molecular weight is 385 g/mol. The molecule has 0 aromatic heterocycles. The van der Waals surface area contributed by atoms with Crippen LogP contribution in [0.25, 0.3) is 0 Å². The van der Waals surface area contributed by atoms with Crippen LogP contribution in [-0.2, 0) is 9.59 Å². The first-order valence-corrected chi connectivity index (χ1v) is 8.63. The lowest BCUT2D eigenvalue weighted by atomic mass is 10.2. The molecule has 2 aromatic rings. The standard InChI is InChI=1S/C20H23N3O5/c1-4-28-18-11-14(9-10-17(18)27-3)13-21-23-20(25)12-19(24)22-15-7-5-6-8-16(15)26-2/h5-11,13H,4,12H2,1-3H3,(H,22,24)(H,23,25). The number of carbonyl (C=O) groups is 2. The summed E-state index contributed by atoms with van der Waals surface area (Å²) in [6.07, 6.45) is 1.08. The van der Waals surface area contributed by atoms with Crippen molar-refractivity contribution >= 4 is 23.7 Å². The monoisotopic (exact) mass is 385 g/mol. The summed E-state index contributed by atoms with van der Waals surface area (Å²) in [6, 6.07) is 12.2. The fourth-order valence-electron chi connectivity index (χ4n) is 2.35. The molecule has 0 spiro atoms. The first kappa shape index (κ1) is 20.8. The molecule has 2 aromatic carbocycles. The van der Waals surface area contributed by atoms with Gasteiger partial charge in [0.05, 0.1) is 32.7 Å². The van der Waals surface area contributed by atoms with Crippen LogP contribution in [0.15, 0.2) is 47.6 Å². The minimum atomic E-state index is -0.540. The van der Waals surface area contributed by atoms with Gasteiger partial charge in [-0.25, -0.2) is 5.43 Å². The zero-order valence-electron chi connectivity index (χ0n) is 16.0. The van der Waals surface area contributed by atoms with Crippen LogP contribution in [0.3, 0.4) is 0 Å². The van der Waals surface area contributed by atoms with Gasteiger partial charge in [0, 0.05) is 0 Å². The van der Waals surface area contributed by atoms with E-state index in [0.29, 0.717) is 35.1 Å². The van der Waals surface area contributed by atoms with Crippen molar-refractivity contribution in [1.82, 2.24) is 5.43 Å². The molecule has 0 bridgehead atoms. The van der Waals surface area contributed by atoms with Gasteiger partial charge in [-0.2, -0.15) is 5.10 Å². The Bertz CT molecular complexity index is 851. The molecule has 0 aliphatic rings. The SMILES string of the molecule is CCOc1cc(C=NNC(=O)CC(=O)Nc2ccccc2OC)ccc1OC. The number of rotatable bonds is 9. The number of hydrogen-bond donors (Lipinski definition) is 2. The van der Waals surface area contributed by atoms with Crippen molar-refractivity contribution in [2.45, 2.75) is 13.3 Å². The lowest BCUT2D eigenvalue weighted by Crippen LogP contribution is -2.24. The number of hydrazone groups is 1. The highest BCUT2D eigenvalue weighted by Gasteiger charge is 2.11. The Kier molecular flexibility index (Phi) is 7.83. The maximum atomic E-state index is 12.0. The van der Waals surface area contributed by atoms with Crippen molar-refractivity contribution in [2.24, 2.45) is 5.10 Å². The molecule has 2 N–H and O–H groups in total. The van der Waals surface area contributed by atoms with Crippen LogP contribution in [0.5, 0.6) is 17.2 Å². The van der Waals surface area contributed by atoms with Crippen LogP contribution in [0.4, 0.5) is 5.69 Å². The third kappa shape index (κ3) is 6.01. The Morgan fingerprint density at radius 1 is 1.00 bits per heavy atom. The predicted molar refractivity (Wildman–Crippen MR) is 106 cm³/mol. The molecule has 0 saturated carbocycles. The average Bonchev–Trinajstić information content (AvgIpc) is 2.69. The second kappa shape index (κ2) is 10.6. The molecule has 0 heterocycles. The van der Waals surface area contributed by atoms with Crippen molar-refractivity contribution in [3.63, 3.8) is 0 Å².